The minimum Gasteiger partial charge on any atom is -0.381 e. The van der Waals surface area contributed by atoms with Gasteiger partial charge in [-0.3, -0.25) is 14.8 Å². The van der Waals surface area contributed by atoms with Crippen LogP contribution in [0.1, 0.15) is 23.5 Å². The molecule has 6 heteroatoms. The van der Waals surface area contributed by atoms with Crippen molar-refractivity contribution in [1.29, 1.82) is 0 Å². The maximum Gasteiger partial charge on any atom is 0.123 e. The van der Waals surface area contributed by atoms with Crippen molar-refractivity contribution in [2.24, 2.45) is 5.92 Å². The summed E-state index contributed by atoms with van der Waals surface area (Å²) in [6.45, 7) is 7.88. The Hall–Kier alpha value is -1.76. The molecule has 6 nitrogen and oxygen atoms in total. The summed E-state index contributed by atoms with van der Waals surface area (Å²) in [5.74, 6) is 1.90. The fourth-order valence-corrected chi connectivity index (χ4v) is 3.82. The van der Waals surface area contributed by atoms with Crippen molar-refractivity contribution >= 4 is 0 Å². The lowest BCUT2D eigenvalue weighted by molar-refractivity contribution is 0.152. The van der Waals surface area contributed by atoms with Crippen LogP contribution >= 0.6 is 0 Å². The third-order valence-corrected chi connectivity index (χ3v) is 5.08. The molecule has 0 radical (unpaired) electrons. The van der Waals surface area contributed by atoms with Gasteiger partial charge in [0.15, 0.2) is 0 Å². The van der Waals surface area contributed by atoms with Crippen molar-refractivity contribution in [1.82, 2.24) is 24.3 Å². The van der Waals surface area contributed by atoms with Gasteiger partial charge in [0.05, 0.1) is 18.8 Å². The smallest absolute Gasteiger partial charge is 0.123 e. The number of rotatable bonds is 6. The van der Waals surface area contributed by atoms with E-state index < -0.39 is 0 Å². The number of aromatic nitrogens is 3. The highest BCUT2D eigenvalue weighted by Crippen LogP contribution is 2.19. The van der Waals surface area contributed by atoms with E-state index in [0.29, 0.717) is 5.92 Å². The van der Waals surface area contributed by atoms with E-state index in [1.165, 1.54) is 17.8 Å². The molecule has 4 rings (SSSR count). The highest BCUT2D eigenvalue weighted by Gasteiger charge is 2.23. The van der Waals surface area contributed by atoms with E-state index in [4.69, 9.17) is 9.72 Å². The van der Waals surface area contributed by atoms with E-state index in [-0.39, 0.29) is 0 Å². The van der Waals surface area contributed by atoms with Crippen molar-refractivity contribution < 1.29 is 4.74 Å². The van der Waals surface area contributed by atoms with Gasteiger partial charge in [-0.2, -0.15) is 0 Å². The van der Waals surface area contributed by atoms with Gasteiger partial charge in [0.25, 0.3) is 0 Å². The van der Waals surface area contributed by atoms with Gasteiger partial charge in [-0.15, -0.1) is 0 Å². The van der Waals surface area contributed by atoms with E-state index in [0.717, 1.165) is 58.2 Å². The molecule has 0 aliphatic carbocycles. The maximum atomic E-state index is 5.51. The predicted octanol–water partition coefficient (Wildman–Crippen LogP) is 1.76. The molecule has 134 valence electrons. The number of hydrogen-bond donors (Lipinski definition) is 0. The molecule has 0 bridgehead atoms. The number of pyridine rings is 1. The topological polar surface area (TPSA) is 46.4 Å². The van der Waals surface area contributed by atoms with Crippen LogP contribution in [0.15, 0.2) is 30.7 Å². The molecular formula is C19H27N5O. The largest absolute Gasteiger partial charge is 0.381 e. The molecule has 25 heavy (non-hydrogen) atoms. The lowest BCUT2D eigenvalue weighted by Gasteiger charge is -2.29. The van der Waals surface area contributed by atoms with E-state index >= 15 is 0 Å². The standard InChI is InChI=1S/C19H27N5O/c1-22(10-16-3-2-5-20-9-16)12-18-13-24-7-6-23(14-19(24)21-18)11-17-4-8-25-15-17/h2-3,5,9,13,17H,4,6-8,10-12,14-15H2,1H3. The molecule has 1 unspecified atom stereocenters. The molecule has 2 aromatic heterocycles. The summed E-state index contributed by atoms with van der Waals surface area (Å²) in [5.41, 5.74) is 2.39. The predicted molar refractivity (Wildman–Crippen MR) is 95.8 cm³/mol. The van der Waals surface area contributed by atoms with Crippen molar-refractivity contribution in [2.45, 2.75) is 32.6 Å². The molecular weight excluding hydrogens is 314 g/mol. The first-order chi connectivity index (χ1) is 12.3. The second-order valence-corrected chi connectivity index (χ2v) is 7.34. The second kappa shape index (κ2) is 7.64. The molecule has 2 aliphatic heterocycles. The van der Waals surface area contributed by atoms with Crippen LogP contribution < -0.4 is 0 Å². The third kappa shape index (κ3) is 4.26. The number of imidazole rings is 1. The zero-order valence-electron chi connectivity index (χ0n) is 15.0. The average Bonchev–Trinajstić information content (AvgIpc) is 3.24. The summed E-state index contributed by atoms with van der Waals surface area (Å²) in [5, 5.41) is 0. The van der Waals surface area contributed by atoms with E-state index in [1.807, 2.05) is 18.5 Å². The molecule has 0 amide bonds. The van der Waals surface area contributed by atoms with Crippen LogP contribution in [-0.4, -0.2) is 57.7 Å². The first-order valence-electron chi connectivity index (χ1n) is 9.19. The molecule has 0 saturated carbocycles. The first kappa shape index (κ1) is 16.7. The van der Waals surface area contributed by atoms with E-state index in [1.54, 1.807) is 0 Å². The van der Waals surface area contributed by atoms with Gasteiger partial charge in [-0.05, 0) is 31.0 Å². The van der Waals surface area contributed by atoms with Crippen LogP contribution in [0.4, 0.5) is 0 Å². The highest BCUT2D eigenvalue weighted by molar-refractivity contribution is 5.10. The van der Waals surface area contributed by atoms with Gasteiger partial charge in [0.1, 0.15) is 5.82 Å². The Morgan fingerprint density at radius 2 is 2.28 bits per heavy atom. The summed E-state index contributed by atoms with van der Waals surface area (Å²) >= 11 is 0. The first-order valence-corrected chi connectivity index (χ1v) is 9.19. The summed E-state index contributed by atoms with van der Waals surface area (Å²) in [6, 6.07) is 4.11. The van der Waals surface area contributed by atoms with Gasteiger partial charge in [-0.25, -0.2) is 4.98 Å². The van der Waals surface area contributed by atoms with Gasteiger partial charge < -0.3 is 9.30 Å². The van der Waals surface area contributed by atoms with E-state index in [2.05, 4.69) is 38.7 Å². The van der Waals surface area contributed by atoms with Crippen LogP contribution in [0, 0.1) is 5.92 Å². The SMILES string of the molecule is CN(Cc1cccnc1)Cc1cn2c(n1)CN(CC1CCOC1)CC2. The Bertz CT molecular complexity index is 680. The third-order valence-electron chi connectivity index (χ3n) is 5.08. The van der Waals surface area contributed by atoms with E-state index in [9.17, 15) is 0 Å². The normalized spacial score (nSPS) is 21.0. The molecule has 2 aliphatic rings. The number of ether oxygens (including phenoxy) is 1. The van der Waals surface area contributed by atoms with Crippen molar-refractivity contribution in [3.63, 3.8) is 0 Å². The molecule has 0 N–H and O–H groups in total. The van der Waals surface area contributed by atoms with Crippen LogP contribution in [0.2, 0.25) is 0 Å². The summed E-state index contributed by atoms with van der Waals surface area (Å²) < 4.78 is 7.84. The summed E-state index contributed by atoms with van der Waals surface area (Å²) in [7, 11) is 2.14. The van der Waals surface area contributed by atoms with Crippen LogP contribution in [0.5, 0.6) is 0 Å². The van der Waals surface area contributed by atoms with Crippen LogP contribution in [0.3, 0.4) is 0 Å². The maximum absolute atomic E-state index is 5.51. The van der Waals surface area contributed by atoms with Crippen molar-refractivity contribution in [2.75, 3.05) is 33.4 Å². The fraction of sp³-hybridized carbons (Fsp3) is 0.579. The minimum atomic E-state index is 0.701. The van der Waals surface area contributed by atoms with Crippen LogP contribution in [-0.2, 0) is 30.9 Å². The van der Waals surface area contributed by atoms with Crippen molar-refractivity contribution in [3.05, 3.63) is 47.8 Å². The molecule has 0 spiro atoms. The number of fused-ring (bicyclic) bond motifs is 1. The molecule has 1 fully saturated rings. The van der Waals surface area contributed by atoms with Crippen molar-refractivity contribution in [3.8, 4) is 0 Å². The lowest BCUT2D eigenvalue weighted by atomic mass is 10.1. The Balaban J connectivity index is 1.33. The summed E-state index contributed by atoms with van der Waals surface area (Å²) in [6.07, 6.45) is 7.18. The lowest BCUT2D eigenvalue weighted by Crippen LogP contribution is -2.37. The van der Waals surface area contributed by atoms with Gasteiger partial charge in [0.2, 0.25) is 0 Å². The molecule has 2 aromatic rings. The molecule has 1 saturated heterocycles. The number of nitrogens with zero attached hydrogens (tertiary/aromatic N) is 5. The number of hydrogen-bond acceptors (Lipinski definition) is 5. The van der Waals surface area contributed by atoms with Gasteiger partial charge >= 0.3 is 0 Å². The Morgan fingerprint density at radius 3 is 3.08 bits per heavy atom. The Morgan fingerprint density at radius 1 is 1.32 bits per heavy atom. The average molecular weight is 341 g/mol. The van der Waals surface area contributed by atoms with Gasteiger partial charge in [0, 0.05) is 57.9 Å². The quantitative estimate of drug-likeness (QED) is 0.801. The fourth-order valence-electron chi connectivity index (χ4n) is 3.82. The molecule has 1 atom stereocenters. The summed E-state index contributed by atoms with van der Waals surface area (Å²) in [4.78, 5) is 13.9. The minimum absolute atomic E-state index is 0.701. The Labute approximate surface area is 149 Å². The second-order valence-electron chi connectivity index (χ2n) is 7.34. The van der Waals surface area contributed by atoms with Gasteiger partial charge in [-0.1, -0.05) is 6.07 Å². The van der Waals surface area contributed by atoms with Crippen LogP contribution in [0.25, 0.3) is 0 Å². The molecule has 4 heterocycles. The monoisotopic (exact) mass is 341 g/mol. The Kier molecular flexibility index (Phi) is 5.10. The highest BCUT2D eigenvalue weighted by atomic mass is 16.5. The zero-order valence-corrected chi connectivity index (χ0v) is 15.0. The molecule has 0 aromatic carbocycles. The zero-order chi connectivity index (χ0) is 17.1.